The molecule has 0 fully saturated rings. The maximum absolute atomic E-state index is 5.23. The van der Waals surface area contributed by atoms with Gasteiger partial charge in [-0.2, -0.15) is 0 Å². The maximum Gasteiger partial charge on any atom is 0.108 e. The van der Waals surface area contributed by atoms with Gasteiger partial charge in [-0.1, -0.05) is 0 Å². The Morgan fingerprint density at radius 2 is 2.46 bits per heavy atom. The zero-order chi connectivity index (χ0) is 9.52. The van der Waals surface area contributed by atoms with E-state index in [1.165, 1.54) is 0 Å². The lowest BCUT2D eigenvalue weighted by atomic mass is 10.4. The predicted octanol–water partition coefficient (Wildman–Crippen LogP) is 0.708. The van der Waals surface area contributed by atoms with Crippen LogP contribution in [-0.4, -0.2) is 30.2 Å². The molecule has 74 valence electrons. The number of aromatic amines is 1. The number of aromatic nitrogens is 2. The highest BCUT2D eigenvalue weighted by atomic mass is 16.5. The van der Waals surface area contributed by atoms with Gasteiger partial charge in [0.15, 0.2) is 0 Å². The lowest BCUT2D eigenvalue weighted by Crippen LogP contribution is -2.05. The summed E-state index contributed by atoms with van der Waals surface area (Å²) in [6.45, 7) is 4.34. The molecule has 2 N–H and O–H groups in total. The molecule has 0 bridgehead atoms. The van der Waals surface area contributed by atoms with Crippen LogP contribution in [0.1, 0.15) is 18.4 Å². The molecule has 0 aliphatic carbocycles. The van der Waals surface area contributed by atoms with Crippen LogP contribution < -0.4 is 5.32 Å². The summed E-state index contributed by atoms with van der Waals surface area (Å²) < 4.78 is 5.23. The van der Waals surface area contributed by atoms with Crippen LogP contribution in [0.4, 0.5) is 0 Å². The molecule has 4 heteroatoms. The second-order valence-corrected chi connectivity index (χ2v) is 2.83. The third-order valence-electron chi connectivity index (χ3n) is 1.74. The van der Waals surface area contributed by atoms with Crippen molar-refractivity contribution in [3.63, 3.8) is 0 Å². The molecule has 4 nitrogen and oxygen atoms in total. The van der Waals surface area contributed by atoms with Crippen molar-refractivity contribution in [2.45, 2.75) is 19.9 Å². The molecular formula is C9H17N3O. The fourth-order valence-electron chi connectivity index (χ4n) is 1.13. The van der Waals surface area contributed by atoms with Crippen molar-refractivity contribution < 1.29 is 4.74 Å². The Bertz CT molecular complexity index is 235. The molecule has 0 aliphatic rings. The molecule has 0 aromatic carbocycles. The van der Waals surface area contributed by atoms with Crippen LogP contribution in [0.3, 0.4) is 0 Å². The number of hydrogen-bond acceptors (Lipinski definition) is 3. The lowest BCUT2D eigenvalue weighted by Gasteiger charge is -1.97. The molecule has 1 aromatic heterocycles. The van der Waals surface area contributed by atoms with E-state index in [9.17, 15) is 0 Å². The molecule has 0 atom stereocenters. The quantitative estimate of drug-likeness (QED) is 0.638. The van der Waals surface area contributed by atoms with Gasteiger partial charge in [-0.05, 0) is 14.0 Å². The third-order valence-corrected chi connectivity index (χ3v) is 1.74. The van der Waals surface area contributed by atoms with Crippen LogP contribution in [0.15, 0.2) is 6.20 Å². The number of imidazole rings is 1. The van der Waals surface area contributed by atoms with E-state index < -0.39 is 0 Å². The van der Waals surface area contributed by atoms with Gasteiger partial charge in [0.1, 0.15) is 5.82 Å². The van der Waals surface area contributed by atoms with Crippen LogP contribution in [0, 0.1) is 0 Å². The van der Waals surface area contributed by atoms with E-state index in [-0.39, 0.29) is 0 Å². The van der Waals surface area contributed by atoms with Crippen LogP contribution in [-0.2, 0) is 17.7 Å². The van der Waals surface area contributed by atoms with Gasteiger partial charge in [0.25, 0.3) is 0 Å². The van der Waals surface area contributed by atoms with Crippen molar-refractivity contribution in [2.24, 2.45) is 0 Å². The molecule has 13 heavy (non-hydrogen) atoms. The zero-order valence-corrected chi connectivity index (χ0v) is 8.26. The Hall–Kier alpha value is -0.870. The SMILES string of the molecule is CCOCCc1ncc(CNC)[nH]1. The summed E-state index contributed by atoms with van der Waals surface area (Å²) >= 11 is 0. The minimum absolute atomic E-state index is 0.739. The van der Waals surface area contributed by atoms with E-state index in [0.717, 1.165) is 37.7 Å². The van der Waals surface area contributed by atoms with E-state index in [0.29, 0.717) is 0 Å². The third kappa shape index (κ3) is 3.57. The van der Waals surface area contributed by atoms with Gasteiger partial charge in [-0.3, -0.25) is 0 Å². The fraction of sp³-hybridized carbons (Fsp3) is 0.667. The summed E-state index contributed by atoms with van der Waals surface area (Å²) in [5.74, 6) is 0.999. The standard InChI is InChI=1S/C9H17N3O/c1-3-13-5-4-9-11-7-8(12-9)6-10-2/h7,10H,3-6H2,1-2H3,(H,11,12). The van der Waals surface area contributed by atoms with Gasteiger partial charge in [0, 0.05) is 31.5 Å². The van der Waals surface area contributed by atoms with Gasteiger partial charge in [0.05, 0.1) is 6.61 Å². The normalized spacial score (nSPS) is 10.6. The summed E-state index contributed by atoms with van der Waals surface area (Å²) in [6.07, 6.45) is 2.72. The monoisotopic (exact) mass is 183 g/mol. The topological polar surface area (TPSA) is 49.9 Å². The summed E-state index contributed by atoms with van der Waals surface area (Å²) in [6, 6.07) is 0. The summed E-state index contributed by atoms with van der Waals surface area (Å²) in [7, 11) is 1.92. The molecule has 1 heterocycles. The van der Waals surface area contributed by atoms with Crippen molar-refractivity contribution in [3.05, 3.63) is 17.7 Å². The predicted molar refractivity (Wildman–Crippen MR) is 51.5 cm³/mol. The number of ether oxygens (including phenoxy) is 1. The number of H-pyrrole nitrogens is 1. The Morgan fingerprint density at radius 1 is 1.62 bits per heavy atom. The van der Waals surface area contributed by atoms with Gasteiger partial charge >= 0.3 is 0 Å². The first-order valence-corrected chi connectivity index (χ1v) is 4.62. The van der Waals surface area contributed by atoms with Crippen molar-refractivity contribution in [1.82, 2.24) is 15.3 Å². The van der Waals surface area contributed by atoms with Crippen molar-refractivity contribution in [1.29, 1.82) is 0 Å². The summed E-state index contributed by atoms with van der Waals surface area (Å²) in [4.78, 5) is 7.45. The van der Waals surface area contributed by atoms with Crippen LogP contribution in [0.5, 0.6) is 0 Å². The molecular weight excluding hydrogens is 166 g/mol. The van der Waals surface area contributed by atoms with Crippen molar-refractivity contribution in [2.75, 3.05) is 20.3 Å². The first kappa shape index (κ1) is 10.2. The van der Waals surface area contributed by atoms with E-state index >= 15 is 0 Å². The lowest BCUT2D eigenvalue weighted by molar-refractivity contribution is 0.149. The second kappa shape index (κ2) is 5.72. The first-order chi connectivity index (χ1) is 6.36. The average molecular weight is 183 g/mol. The zero-order valence-electron chi connectivity index (χ0n) is 8.26. The summed E-state index contributed by atoms with van der Waals surface area (Å²) in [5.41, 5.74) is 1.12. The van der Waals surface area contributed by atoms with Crippen LogP contribution >= 0.6 is 0 Å². The number of hydrogen-bond donors (Lipinski definition) is 2. The maximum atomic E-state index is 5.23. The molecule has 0 aliphatic heterocycles. The molecule has 0 saturated heterocycles. The minimum Gasteiger partial charge on any atom is -0.381 e. The summed E-state index contributed by atoms with van der Waals surface area (Å²) in [5, 5.41) is 3.06. The Labute approximate surface area is 78.7 Å². The van der Waals surface area contributed by atoms with E-state index in [1.807, 2.05) is 20.2 Å². The van der Waals surface area contributed by atoms with E-state index in [1.54, 1.807) is 0 Å². The highest BCUT2D eigenvalue weighted by Crippen LogP contribution is 1.97. The molecule has 0 radical (unpaired) electrons. The number of nitrogens with one attached hydrogen (secondary N) is 2. The van der Waals surface area contributed by atoms with Gasteiger partial charge < -0.3 is 15.0 Å². The Morgan fingerprint density at radius 3 is 3.15 bits per heavy atom. The van der Waals surface area contributed by atoms with Gasteiger partial charge in [-0.25, -0.2) is 4.98 Å². The fourth-order valence-corrected chi connectivity index (χ4v) is 1.13. The molecule has 0 amide bonds. The highest BCUT2D eigenvalue weighted by Gasteiger charge is 1.98. The second-order valence-electron chi connectivity index (χ2n) is 2.83. The number of nitrogens with zero attached hydrogens (tertiary/aromatic N) is 1. The van der Waals surface area contributed by atoms with Crippen molar-refractivity contribution in [3.8, 4) is 0 Å². The smallest absolute Gasteiger partial charge is 0.108 e. The molecule has 1 aromatic rings. The van der Waals surface area contributed by atoms with Crippen LogP contribution in [0.25, 0.3) is 0 Å². The average Bonchev–Trinajstić information content (AvgIpc) is 2.54. The molecule has 0 spiro atoms. The number of rotatable bonds is 6. The largest absolute Gasteiger partial charge is 0.381 e. The Kier molecular flexibility index (Phi) is 4.49. The van der Waals surface area contributed by atoms with Crippen LogP contribution in [0.2, 0.25) is 0 Å². The Balaban J connectivity index is 2.31. The van der Waals surface area contributed by atoms with Gasteiger partial charge in [0.2, 0.25) is 0 Å². The molecule has 0 unspecified atom stereocenters. The van der Waals surface area contributed by atoms with E-state index in [2.05, 4.69) is 15.3 Å². The van der Waals surface area contributed by atoms with Crippen molar-refractivity contribution >= 4 is 0 Å². The molecule has 1 rings (SSSR count). The van der Waals surface area contributed by atoms with Gasteiger partial charge in [-0.15, -0.1) is 0 Å². The van der Waals surface area contributed by atoms with E-state index in [4.69, 9.17) is 4.74 Å². The molecule has 0 saturated carbocycles. The first-order valence-electron chi connectivity index (χ1n) is 4.62. The minimum atomic E-state index is 0.739. The highest BCUT2D eigenvalue weighted by molar-refractivity contribution is 5.00.